The van der Waals surface area contributed by atoms with Crippen LogP contribution in [0.25, 0.3) is 0 Å². The molecule has 2 aromatic carbocycles. The molecule has 4 rings (SSSR count). The molecule has 9 heteroatoms. The molecule has 3 aromatic rings. The number of rotatable bonds is 5. The van der Waals surface area contributed by atoms with E-state index in [0.717, 1.165) is 20.8 Å². The van der Waals surface area contributed by atoms with Crippen LogP contribution in [0.3, 0.4) is 0 Å². The van der Waals surface area contributed by atoms with Gasteiger partial charge in [0.1, 0.15) is 5.82 Å². The van der Waals surface area contributed by atoms with Gasteiger partial charge >= 0.3 is 0 Å². The molecule has 1 aliphatic heterocycles. The molecule has 1 fully saturated rings. The molecule has 1 saturated heterocycles. The van der Waals surface area contributed by atoms with Gasteiger partial charge in [0.2, 0.25) is 16.0 Å². The maximum absolute atomic E-state index is 12.9. The second-order valence-corrected chi connectivity index (χ2v) is 10.2. The van der Waals surface area contributed by atoms with Gasteiger partial charge < -0.3 is 10.2 Å². The Bertz CT molecular complexity index is 1120. The summed E-state index contributed by atoms with van der Waals surface area (Å²) in [6, 6.07) is 18.7. The van der Waals surface area contributed by atoms with E-state index >= 15 is 0 Å². The molecule has 0 bridgehead atoms. The van der Waals surface area contributed by atoms with Crippen molar-refractivity contribution in [1.29, 1.82) is 0 Å². The molecule has 0 saturated carbocycles. The van der Waals surface area contributed by atoms with E-state index in [4.69, 9.17) is 0 Å². The number of anilines is 3. The van der Waals surface area contributed by atoms with Crippen LogP contribution in [-0.4, -0.2) is 48.9 Å². The number of halogens is 1. The molecule has 0 amide bonds. The number of aromatic nitrogens is 2. The van der Waals surface area contributed by atoms with Gasteiger partial charge in [-0.3, -0.25) is 0 Å². The van der Waals surface area contributed by atoms with E-state index in [9.17, 15) is 8.42 Å². The van der Waals surface area contributed by atoms with Crippen molar-refractivity contribution in [3.05, 3.63) is 69.9 Å². The number of benzene rings is 2. The Morgan fingerprint density at radius 2 is 1.60 bits per heavy atom. The molecular weight excluding hydrogens is 513 g/mol. The predicted octanol–water partition coefficient (Wildman–Crippen LogP) is 3.64. The zero-order chi connectivity index (χ0) is 21.1. The average molecular weight is 535 g/mol. The smallest absolute Gasteiger partial charge is 0.243 e. The summed E-state index contributed by atoms with van der Waals surface area (Å²) in [6.07, 6.45) is 0. The highest BCUT2D eigenvalue weighted by molar-refractivity contribution is 14.1. The summed E-state index contributed by atoms with van der Waals surface area (Å²) in [4.78, 5) is 11.6. The summed E-state index contributed by atoms with van der Waals surface area (Å²) >= 11 is 2.17. The van der Waals surface area contributed by atoms with Gasteiger partial charge in [0, 0.05) is 47.2 Å². The topological polar surface area (TPSA) is 78.4 Å². The Balaban J connectivity index is 1.47. The van der Waals surface area contributed by atoms with Crippen molar-refractivity contribution in [2.75, 3.05) is 36.4 Å². The van der Waals surface area contributed by atoms with E-state index in [1.54, 1.807) is 12.1 Å². The normalized spacial score (nSPS) is 15.2. The summed E-state index contributed by atoms with van der Waals surface area (Å²) < 4.78 is 28.4. The number of aryl methyl sites for hydroxylation is 1. The molecule has 0 radical (unpaired) electrons. The van der Waals surface area contributed by atoms with Crippen molar-refractivity contribution >= 4 is 50.1 Å². The van der Waals surface area contributed by atoms with Crippen molar-refractivity contribution in [2.45, 2.75) is 11.8 Å². The van der Waals surface area contributed by atoms with Crippen LogP contribution in [0.4, 0.5) is 17.5 Å². The first kappa shape index (κ1) is 21.0. The van der Waals surface area contributed by atoms with Gasteiger partial charge in [-0.15, -0.1) is 0 Å². The van der Waals surface area contributed by atoms with Crippen LogP contribution in [0.15, 0.2) is 65.6 Å². The lowest BCUT2D eigenvalue weighted by atomic mass is 10.3. The van der Waals surface area contributed by atoms with Crippen molar-refractivity contribution in [3.63, 3.8) is 0 Å². The van der Waals surface area contributed by atoms with Gasteiger partial charge in [0.05, 0.1) is 4.90 Å². The van der Waals surface area contributed by atoms with Crippen molar-refractivity contribution in [2.24, 2.45) is 0 Å². The van der Waals surface area contributed by atoms with Crippen LogP contribution in [0.2, 0.25) is 0 Å². The van der Waals surface area contributed by atoms with Gasteiger partial charge in [-0.25, -0.2) is 13.4 Å². The van der Waals surface area contributed by atoms with Crippen LogP contribution in [0, 0.1) is 10.5 Å². The monoisotopic (exact) mass is 535 g/mol. The predicted molar refractivity (Wildman–Crippen MR) is 127 cm³/mol. The van der Waals surface area contributed by atoms with E-state index in [1.165, 1.54) is 4.31 Å². The van der Waals surface area contributed by atoms with Crippen LogP contribution in [0.1, 0.15) is 5.69 Å². The second kappa shape index (κ2) is 8.86. The summed E-state index contributed by atoms with van der Waals surface area (Å²) in [5.41, 5.74) is 1.81. The van der Waals surface area contributed by atoms with Gasteiger partial charge in [0.15, 0.2) is 0 Å². The van der Waals surface area contributed by atoms with Crippen molar-refractivity contribution in [3.8, 4) is 0 Å². The fraction of sp³-hybridized carbons (Fsp3) is 0.238. The minimum Gasteiger partial charge on any atom is -0.340 e. The molecule has 0 aliphatic carbocycles. The maximum atomic E-state index is 12.9. The second-order valence-electron chi connectivity index (χ2n) is 7.03. The van der Waals surface area contributed by atoms with Crippen molar-refractivity contribution in [1.82, 2.24) is 14.3 Å². The first-order valence-electron chi connectivity index (χ1n) is 9.60. The van der Waals surface area contributed by atoms with E-state index in [1.807, 2.05) is 60.4 Å². The Kier molecular flexibility index (Phi) is 6.21. The van der Waals surface area contributed by atoms with Gasteiger partial charge in [-0.2, -0.15) is 9.29 Å². The third kappa shape index (κ3) is 4.73. The van der Waals surface area contributed by atoms with Gasteiger partial charge in [0.25, 0.3) is 0 Å². The van der Waals surface area contributed by atoms with E-state index in [2.05, 4.69) is 37.9 Å². The molecule has 0 atom stereocenters. The minimum atomic E-state index is -3.49. The zero-order valence-electron chi connectivity index (χ0n) is 16.5. The highest BCUT2D eigenvalue weighted by atomic mass is 127. The standard InChI is InChI=1S/C21H22IN5O2S/c1-16-15-20(24-18-5-3-2-4-6-18)25-21(23-16)26-11-13-27(14-12-26)30(28,29)19-9-7-17(22)8-10-19/h2-10,15H,11-14H2,1H3,(H,23,24,25). The van der Waals surface area contributed by atoms with Crippen LogP contribution >= 0.6 is 22.6 Å². The molecule has 1 aliphatic rings. The molecule has 156 valence electrons. The molecule has 30 heavy (non-hydrogen) atoms. The largest absolute Gasteiger partial charge is 0.340 e. The first-order chi connectivity index (χ1) is 14.4. The third-order valence-corrected chi connectivity index (χ3v) is 7.49. The number of hydrogen-bond donors (Lipinski definition) is 1. The minimum absolute atomic E-state index is 0.331. The summed E-state index contributed by atoms with van der Waals surface area (Å²) in [7, 11) is -3.49. The lowest BCUT2D eigenvalue weighted by Gasteiger charge is -2.34. The van der Waals surface area contributed by atoms with Crippen LogP contribution < -0.4 is 10.2 Å². The number of nitrogens with zero attached hydrogens (tertiary/aromatic N) is 4. The van der Waals surface area contributed by atoms with E-state index in [-0.39, 0.29) is 0 Å². The molecule has 1 aromatic heterocycles. The van der Waals surface area contributed by atoms with Gasteiger partial charge in [-0.1, -0.05) is 18.2 Å². The molecule has 2 heterocycles. The maximum Gasteiger partial charge on any atom is 0.243 e. The number of para-hydroxylation sites is 1. The number of hydrogen-bond acceptors (Lipinski definition) is 6. The molecular formula is C21H22IN5O2S. The van der Waals surface area contributed by atoms with Crippen LogP contribution in [-0.2, 0) is 10.0 Å². The number of piperazine rings is 1. The number of sulfonamides is 1. The Labute approximate surface area is 190 Å². The molecule has 1 N–H and O–H groups in total. The highest BCUT2D eigenvalue weighted by Crippen LogP contribution is 2.22. The highest BCUT2D eigenvalue weighted by Gasteiger charge is 2.29. The Morgan fingerprint density at radius 1 is 0.933 bits per heavy atom. The summed E-state index contributed by atoms with van der Waals surface area (Å²) in [6.45, 7) is 3.80. The fourth-order valence-corrected chi connectivity index (χ4v) is 5.09. The van der Waals surface area contributed by atoms with Crippen LogP contribution in [0.5, 0.6) is 0 Å². The zero-order valence-corrected chi connectivity index (χ0v) is 19.5. The quantitative estimate of drug-likeness (QED) is 0.503. The van der Waals surface area contributed by atoms with E-state index in [0.29, 0.717) is 37.0 Å². The molecule has 0 unspecified atom stereocenters. The number of nitrogens with one attached hydrogen (secondary N) is 1. The van der Waals surface area contributed by atoms with Gasteiger partial charge in [-0.05, 0) is 65.9 Å². The van der Waals surface area contributed by atoms with Crippen molar-refractivity contribution < 1.29 is 8.42 Å². The SMILES string of the molecule is Cc1cc(Nc2ccccc2)nc(N2CCN(S(=O)(=O)c3ccc(I)cc3)CC2)n1. The fourth-order valence-electron chi connectivity index (χ4n) is 3.31. The van der Waals surface area contributed by atoms with E-state index < -0.39 is 10.0 Å². The molecule has 0 spiro atoms. The lowest BCUT2D eigenvalue weighted by molar-refractivity contribution is 0.382. The summed E-state index contributed by atoms with van der Waals surface area (Å²) in [5, 5.41) is 3.30. The summed E-state index contributed by atoms with van der Waals surface area (Å²) in [5.74, 6) is 1.33. The Hall–Kier alpha value is -2.24. The molecule has 7 nitrogen and oxygen atoms in total. The third-order valence-electron chi connectivity index (χ3n) is 4.86. The average Bonchev–Trinajstić information content (AvgIpc) is 2.74. The first-order valence-corrected chi connectivity index (χ1v) is 12.1. The lowest BCUT2D eigenvalue weighted by Crippen LogP contribution is -2.49. The Morgan fingerprint density at radius 3 is 2.27 bits per heavy atom.